The van der Waals surface area contributed by atoms with Crippen LogP contribution in [0, 0.1) is 0 Å². The average molecular weight is 256 g/mol. The van der Waals surface area contributed by atoms with E-state index < -0.39 is 0 Å². The molecule has 3 rings (SSSR count). The minimum atomic E-state index is -0.369. The van der Waals surface area contributed by atoms with Crippen molar-refractivity contribution >= 4 is 0 Å². The van der Waals surface area contributed by atoms with Crippen LogP contribution >= 0.6 is 0 Å². The van der Waals surface area contributed by atoms with Crippen molar-refractivity contribution in [2.75, 3.05) is 0 Å². The molecule has 1 heterocycles. The second-order valence-electron chi connectivity index (χ2n) is 5.40. The molecule has 2 aromatic rings. The van der Waals surface area contributed by atoms with E-state index in [0.717, 1.165) is 18.4 Å². The molecular formula is C16H20N2O. The maximum absolute atomic E-state index is 10.4. The third-order valence-corrected chi connectivity index (χ3v) is 3.97. The van der Waals surface area contributed by atoms with Gasteiger partial charge in [0.05, 0.1) is 6.10 Å². The van der Waals surface area contributed by atoms with E-state index in [2.05, 4.69) is 23.3 Å². The van der Waals surface area contributed by atoms with Gasteiger partial charge in [0.2, 0.25) is 0 Å². The smallest absolute Gasteiger partial charge is 0.0796 e. The molecule has 100 valence electrons. The zero-order valence-corrected chi connectivity index (χ0v) is 11.3. The zero-order valence-electron chi connectivity index (χ0n) is 11.3. The summed E-state index contributed by atoms with van der Waals surface area (Å²) in [5.41, 5.74) is 3.63. The third kappa shape index (κ3) is 2.71. The Labute approximate surface area is 113 Å². The highest BCUT2D eigenvalue weighted by molar-refractivity contribution is 5.34. The van der Waals surface area contributed by atoms with E-state index in [4.69, 9.17) is 0 Å². The minimum absolute atomic E-state index is 0.369. The normalized spacial score (nSPS) is 16.5. The molecule has 3 heteroatoms. The summed E-state index contributed by atoms with van der Waals surface area (Å²) in [5, 5.41) is 14.6. The van der Waals surface area contributed by atoms with Gasteiger partial charge in [0.15, 0.2) is 0 Å². The average Bonchev–Trinajstić information content (AvgIpc) is 3.20. The monoisotopic (exact) mass is 256 g/mol. The molecule has 3 nitrogen and oxygen atoms in total. The maximum atomic E-state index is 10.4. The molecule has 19 heavy (non-hydrogen) atoms. The van der Waals surface area contributed by atoms with Crippen molar-refractivity contribution in [1.82, 2.24) is 9.78 Å². The Balaban J connectivity index is 1.70. The van der Waals surface area contributed by atoms with Gasteiger partial charge in [-0.25, -0.2) is 0 Å². The van der Waals surface area contributed by atoms with E-state index in [1.807, 2.05) is 23.9 Å². The first-order valence-electron chi connectivity index (χ1n) is 6.99. The molecule has 1 saturated carbocycles. The zero-order chi connectivity index (χ0) is 13.2. The summed E-state index contributed by atoms with van der Waals surface area (Å²) >= 11 is 0. The minimum Gasteiger partial charge on any atom is -0.388 e. The van der Waals surface area contributed by atoms with Crippen LogP contribution in [0.2, 0.25) is 0 Å². The summed E-state index contributed by atoms with van der Waals surface area (Å²) in [7, 11) is 1.94. The van der Waals surface area contributed by atoms with Gasteiger partial charge in [0, 0.05) is 18.9 Å². The summed E-state index contributed by atoms with van der Waals surface area (Å²) in [6.07, 6.45) is 5.59. The summed E-state index contributed by atoms with van der Waals surface area (Å²) in [5.74, 6) is 0.683. The fraction of sp³-hybridized carbons (Fsp3) is 0.438. The fourth-order valence-corrected chi connectivity index (χ4v) is 2.67. The van der Waals surface area contributed by atoms with Crippen LogP contribution in [0.5, 0.6) is 0 Å². The lowest BCUT2D eigenvalue weighted by Gasteiger charge is -2.15. The molecule has 0 amide bonds. The van der Waals surface area contributed by atoms with Crippen molar-refractivity contribution in [1.29, 1.82) is 0 Å². The first-order valence-corrected chi connectivity index (χ1v) is 6.99. The predicted octanol–water partition coefficient (Wildman–Crippen LogP) is 2.96. The highest BCUT2D eigenvalue weighted by Gasteiger charge is 2.27. The first-order chi connectivity index (χ1) is 9.25. The summed E-state index contributed by atoms with van der Waals surface area (Å²) < 4.78 is 1.87. The van der Waals surface area contributed by atoms with Crippen LogP contribution in [0.1, 0.15) is 48.1 Å². The summed E-state index contributed by atoms with van der Waals surface area (Å²) in [6, 6.07) is 10.3. The Morgan fingerprint density at radius 3 is 2.79 bits per heavy atom. The molecule has 0 bridgehead atoms. The Hall–Kier alpha value is -1.61. The molecule has 0 saturated heterocycles. The number of aryl methyl sites for hydroxylation is 2. The van der Waals surface area contributed by atoms with Crippen LogP contribution in [0.3, 0.4) is 0 Å². The molecule has 1 aromatic heterocycles. The Bertz CT molecular complexity index is 557. The standard InChI is InChI=1S/C16H20N2O/c1-18-13(10-11-17-18)8-9-16(19)15-5-3-2-4-14(15)12-6-7-12/h2-5,10-12,16,19H,6-9H2,1H3. The van der Waals surface area contributed by atoms with Crippen LogP contribution in [-0.2, 0) is 13.5 Å². The quantitative estimate of drug-likeness (QED) is 0.893. The molecule has 1 aromatic carbocycles. The van der Waals surface area contributed by atoms with Gasteiger partial charge in [-0.05, 0) is 48.8 Å². The molecule has 1 atom stereocenters. The van der Waals surface area contributed by atoms with Crippen molar-refractivity contribution in [3.63, 3.8) is 0 Å². The lowest BCUT2D eigenvalue weighted by Crippen LogP contribution is -2.05. The number of aliphatic hydroxyl groups excluding tert-OH is 1. The number of aliphatic hydroxyl groups is 1. The van der Waals surface area contributed by atoms with Crippen molar-refractivity contribution in [2.24, 2.45) is 7.05 Å². The number of nitrogens with zero attached hydrogens (tertiary/aromatic N) is 2. The molecule has 1 aliphatic rings. The van der Waals surface area contributed by atoms with E-state index in [0.29, 0.717) is 5.92 Å². The van der Waals surface area contributed by atoms with Crippen LogP contribution in [0.25, 0.3) is 0 Å². The number of rotatable bonds is 5. The lowest BCUT2D eigenvalue weighted by molar-refractivity contribution is 0.166. The topological polar surface area (TPSA) is 38.0 Å². The van der Waals surface area contributed by atoms with Gasteiger partial charge in [-0.3, -0.25) is 4.68 Å². The fourth-order valence-electron chi connectivity index (χ4n) is 2.67. The highest BCUT2D eigenvalue weighted by Crippen LogP contribution is 2.43. The third-order valence-electron chi connectivity index (χ3n) is 3.97. The van der Waals surface area contributed by atoms with Crippen LogP contribution < -0.4 is 0 Å². The van der Waals surface area contributed by atoms with E-state index >= 15 is 0 Å². The highest BCUT2D eigenvalue weighted by atomic mass is 16.3. The van der Waals surface area contributed by atoms with Crippen LogP contribution in [-0.4, -0.2) is 14.9 Å². The first kappa shape index (κ1) is 12.4. The summed E-state index contributed by atoms with van der Waals surface area (Å²) in [6.45, 7) is 0. The number of aromatic nitrogens is 2. The van der Waals surface area contributed by atoms with E-state index in [9.17, 15) is 5.11 Å². The van der Waals surface area contributed by atoms with Gasteiger partial charge < -0.3 is 5.11 Å². The Morgan fingerprint density at radius 2 is 2.11 bits per heavy atom. The van der Waals surface area contributed by atoms with E-state index in [1.54, 1.807) is 6.20 Å². The second kappa shape index (κ2) is 5.17. The van der Waals surface area contributed by atoms with E-state index in [-0.39, 0.29) is 6.10 Å². The maximum Gasteiger partial charge on any atom is 0.0796 e. The summed E-state index contributed by atoms with van der Waals surface area (Å²) in [4.78, 5) is 0. The van der Waals surface area contributed by atoms with Crippen molar-refractivity contribution < 1.29 is 5.11 Å². The lowest BCUT2D eigenvalue weighted by atomic mass is 9.96. The largest absolute Gasteiger partial charge is 0.388 e. The van der Waals surface area contributed by atoms with Gasteiger partial charge in [0.1, 0.15) is 0 Å². The van der Waals surface area contributed by atoms with Gasteiger partial charge in [0.25, 0.3) is 0 Å². The van der Waals surface area contributed by atoms with Crippen LogP contribution in [0.15, 0.2) is 36.5 Å². The van der Waals surface area contributed by atoms with Gasteiger partial charge in [-0.15, -0.1) is 0 Å². The SMILES string of the molecule is Cn1nccc1CCC(O)c1ccccc1C1CC1. The van der Waals surface area contributed by atoms with Crippen molar-refractivity contribution in [2.45, 2.75) is 37.7 Å². The molecule has 1 fully saturated rings. The molecule has 0 aliphatic heterocycles. The predicted molar refractivity (Wildman–Crippen MR) is 74.9 cm³/mol. The van der Waals surface area contributed by atoms with Gasteiger partial charge in [-0.2, -0.15) is 5.10 Å². The molecule has 0 spiro atoms. The van der Waals surface area contributed by atoms with Gasteiger partial charge in [-0.1, -0.05) is 24.3 Å². The molecule has 0 radical (unpaired) electrons. The molecule has 1 unspecified atom stereocenters. The number of hydrogen-bond acceptors (Lipinski definition) is 2. The van der Waals surface area contributed by atoms with Crippen molar-refractivity contribution in [3.05, 3.63) is 53.3 Å². The Morgan fingerprint density at radius 1 is 1.32 bits per heavy atom. The van der Waals surface area contributed by atoms with Crippen molar-refractivity contribution in [3.8, 4) is 0 Å². The number of hydrogen-bond donors (Lipinski definition) is 1. The Kier molecular flexibility index (Phi) is 3.38. The number of benzene rings is 1. The molecular weight excluding hydrogens is 236 g/mol. The van der Waals surface area contributed by atoms with Gasteiger partial charge >= 0.3 is 0 Å². The second-order valence-corrected chi connectivity index (χ2v) is 5.40. The van der Waals surface area contributed by atoms with E-state index in [1.165, 1.54) is 24.1 Å². The molecule has 1 aliphatic carbocycles. The molecule has 1 N–H and O–H groups in total. The van der Waals surface area contributed by atoms with Crippen LogP contribution in [0.4, 0.5) is 0 Å².